The molecular weight excluding hydrogens is 325 g/mol. The van der Waals surface area contributed by atoms with E-state index in [0.717, 1.165) is 0 Å². The summed E-state index contributed by atoms with van der Waals surface area (Å²) in [5.41, 5.74) is 0.406. The smallest absolute Gasteiger partial charge is 0.263 e. The average molecular weight is 336 g/mol. The van der Waals surface area contributed by atoms with Gasteiger partial charge in [0.2, 0.25) is 0 Å². The van der Waals surface area contributed by atoms with Gasteiger partial charge >= 0.3 is 0 Å². The molecule has 1 aromatic carbocycles. The maximum atomic E-state index is 11.9. The van der Waals surface area contributed by atoms with Gasteiger partial charge in [0.15, 0.2) is 0 Å². The van der Waals surface area contributed by atoms with Crippen molar-refractivity contribution in [3.8, 4) is 6.07 Å². The highest BCUT2D eigenvalue weighted by Gasteiger charge is 2.10. The van der Waals surface area contributed by atoms with Gasteiger partial charge in [-0.2, -0.15) is 5.26 Å². The zero-order valence-electron chi connectivity index (χ0n) is 11.3. The van der Waals surface area contributed by atoms with Gasteiger partial charge in [0.25, 0.3) is 5.91 Å². The summed E-state index contributed by atoms with van der Waals surface area (Å²) in [7, 11) is 0. The summed E-state index contributed by atoms with van der Waals surface area (Å²) < 4.78 is 5.09. The summed E-state index contributed by atoms with van der Waals surface area (Å²) in [6, 6.07) is 10.3. The van der Waals surface area contributed by atoms with E-state index in [-0.39, 0.29) is 12.1 Å². The van der Waals surface area contributed by atoms with Crippen LogP contribution in [0.25, 0.3) is 0 Å². The third-order valence-corrected chi connectivity index (χ3v) is 3.51. The number of halogens is 2. The van der Waals surface area contributed by atoms with E-state index in [2.05, 4.69) is 10.6 Å². The van der Waals surface area contributed by atoms with Crippen LogP contribution in [-0.4, -0.2) is 5.91 Å². The van der Waals surface area contributed by atoms with Crippen molar-refractivity contribution < 1.29 is 9.21 Å². The number of furan rings is 1. The van der Waals surface area contributed by atoms with Crippen molar-refractivity contribution in [3.63, 3.8) is 0 Å². The quantitative estimate of drug-likeness (QED) is 0.644. The predicted octanol–water partition coefficient (Wildman–Crippen LogP) is 3.72. The molecule has 7 heteroatoms. The van der Waals surface area contributed by atoms with E-state index in [1.54, 1.807) is 30.3 Å². The third kappa shape index (κ3) is 4.04. The van der Waals surface area contributed by atoms with Crippen LogP contribution in [0.5, 0.6) is 0 Å². The molecule has 0 atom stereocenters. The van der Waals surface area contributed by atoms with Gasteiger partial charge in [-0.1, -0.05) is 29.3 Å². The number of amides is 1. The lowest BCUT2D eigenvalue weighted by Gasteiger charge is -2.06. The molecule has 0 unspecified atom stereocenters. The van der Waals surface area contributed by atoms with Gasteiger partial charge in [0.05, 0.1) is 28.5 Å². The molecule has 0 bridgehead atoms. The highest BCUT2D eigenvalue weighted by molar-refractivity contribution is 6.43. The molecule has 112 valence electrons. The number of benzene rings is 1. The van der Waals surface area contributed by atoms with Crippen LogP contribution in [0.15, 0.2) is 52.8 Å². The lowest BCUT2D eigenvalue weighted by atomic mass is 10.2. The summed E-state index contributed by atoms with van der Waals surface area (Å²) in [5, 5.41) is 15.1. The van der Waals surface area contributed by atoms with Crippen LogP contribution >= 0.6 is 23.2 Å². The normalized spacial score (nSPS) is 10.9. The van der Waals surface area contributed by atoms with Crippen LogP contribution in [0.3, 0.4) is 0 Å². The van der Waals surface area contributed by atoms with Crippen molar-refractivity contribution in [1.29, 1.82) is 5.26 Å². The van der Waals surface area contributed by atoms with E-state index in [1.165, 1.54) is 12.5 Å². The van der Waals surface area contributed by atoms with Gasteiger partial charge in [-0.3, -0.25) is 4.79 Å². The maximum Gasteiger partial charge on any atom is 0.263 e. The second-order valence-corrected chi connectivity index (χ2v) is 4.96. The minimum absolute atomic E-state index is 0.0948. The van der Waals surface area contributed by atoms with Crippen LogP contribution in [0.1, 0.15) is 5.76 Å². The van der Waals surface area contributed by atoms with Crippen molar-refractivity contribution >= 4 is 34.8 Å². The summed E-state index contributed by atoms with van der Waals surface area (Å²) in [5.74, 6) is 0.0704. The van der Waals surface area contributed by atoms with Gasteiger partial charge in [-0.25, -0.2) is 0 Å². The molecule has 2 N–H and O–H groups in total. The molecule has 0 fully saturated rings. The number of nitriles is 1. The highest BCUT2D eigenvalue weighted by Crippen LogP contribution is 2.29. The van der Waals surface area contributed by atoms with Crippen LogP contribution in [0.4, 0.5) is 5.69 Å². The molecule has 0 aliphatic heterocycles. The van der Waals surface area contributed by atoms with E-state index in [0.29, 0.717) is 21.5 Å². The van der Waals surface area contributed by atoms with Gasteiger partial charge in [0, 0.05) is 6.20 Å². The first-order chi connectivity index (χ1) is 10.6. The Kier molecular flexibility index (Phi) is 5.48. The number of nitrogens with zero attached hydrogens (tertiary/aromatic N) is 1. The number of anilines is 1. The molecular formula is C15H11Cl2N3O2. The first-order valence-electron chi connectivity index (χ1n) is 6.23. The summed E-state index contributed by atoms with van der Waals surface area (Å²) in [6.45, 7) is 0.197. The highest BCUT2D eigenvalue weighted by atomic mass is 35.5. The van der Waals surface area contributed by atoms with Crippen molar-refractivity contribution in [2.45, 2.75) is 6.54 Å². The monoisotopic (exact) mass is 335 g/mol. The van der Waals surface area contributed by atoms with E-state index in [1.807, 2.05) is 6.07 Å². The van der Waals surface area contributed by atoms with E-state index in [9.17, 15) is 4.79 Å². The Morgan fingerprint density at radius 1 is 1.32 bits per heavy atom. The number of rotatable bonds is 5. The lowest BCUT2D eigenvalue weighted by Crippen LogP contribution is -2.24. The van der Waals surface area contributed by atoms with E-state index < -0.39 is 5.91 Å². The van der Waals surface area contributed by atoms with Crippen LogP contribution < -0.4 is 10.6 Å². The first-order valence-corrected chi connectivity index (χ1v) is 6.99. The molecule has 2 aromatic rings. The zero-order valence-corrected chi connectivity index (χ0v) is 12.8. The Morgan fingerprint density at radius 3 is 2.82 bits per heavy atom. The molecule has 0 saturated carbocycles. The number of hydrogen-bond acceptors (Lipinski definition) is 4. The number of hydrogen-bond donors (Lipinski definition) is 2. The van der Waals surface area contributed by atoms with Gasteiger partial charge < -0.3 is 15.1 Å². The second kappa shape index (κ2) is 7.55. The fraction of sp³-hybridized carbons (Fsp3) is 0.0667. The standard InChI is InChI=1S/C15H11Cl2N3O2/c16-12-4-1-5-13(14(12)17)19-8-10(7-18)15(21)20-9-11-3-2-6-22-11/h1-6,8,19H,9H2,(H,20,21)/b10-8-. The Morgan fingerprint density at radius 2 is 2.14 bits per heavy atom. The second-order valence-electron chi connectivity index (χ2n) is 4.18. The topological polar surface area (TPSA) is 78.1 Å². The molecule has 2 rings (SSSR count). The Labute approximate surface area is 137 Å². The molecule has 1 heterocycles. The number of nitrogens with one attached hydrogen (secondary N) is 2. The molecule has 0 saturated heterocycles. The molecule has 0 spiro atoms. The molecule has 0 aliphatic rings. The van der Waals surface area contributed by atoms with Crippen molar-refractivity contribution in [2.75, 3.05) is 5.32 Å². The van der Waals surface area contributed by atoms with Crippen LogP contribution in [0, 0.1) is 11.3 Å². The van der Waals surface area contributed by atoms with Crippen LogP contribution in [-0.2, 0) is 11.3 Å². The van der Waals surface area contributed by atoms with Crippen LogP contribution in [0.2, 0.25) is 10.0 Å². The zero-order chi connectivity index (χ0) is 15.9. The fourth-order valence-corrected chi connectivity index (χ4v) is 1.94. The molecule has 1 aromatic heterocycles. The number of carbonyl (C=O) groups excluding carboxylic acids is 1. The first kappa shape index (κ1) is 16.0. The molecule has 22 heavy (non-hydrogen) atoms. The third-order valence-electron chi connectivity index (χ3n) is 2.69. The van der Waals surface area contributed by atoms with Gasteiger partial charge in [-0.05, 0) is 24.3 Å². The largest absolute Gasteiger partial charge is 0.467 e. The van der Waals surface area contributed by atoms with Crippen molar-refractivity contribution in [3.05, 3.63) is 64.2 Å². The Bertz CT molecular complexity index is 734. The SMILES string of the molecule is N#C/C(=C/Nc1cccc(Cl)c1Cl)C(=O)NCc1ccco1. The minimum atomic E-state index is -0.524. The average Bonchev–Trinajstić information content (AvgIpc) is 3.03. The Balaban J connectivity index is 2.02. The summed E-state index contributed by atoms with van der Waals surface area (Å²) >= 11 is 11.9. The Hall–Kier alpha value is -2.42. The van der Waals surface area contributed by atoms with Crippen molar-refractivity contribution in [2.24, 2.45) is 0 Å². The van der Waals surface area contributed by atoms with E-state index in [4.69, 9.17) is 32.9 Å². The maximum absolute atomic E-state index is 11.9. The molecule has 1 amide bonds. The molecule has 0 aliphatic carbocycles. The lowest BCUT2D eigenvalue weighted by molar-refractivity contribution is -0.117. The van der Waals surface area contributed by atoms with E-state index >= 15 is 0 Å². The molecule has 0 radical (unpaired) electrons. The van der Waals surface area contributed by atoms with Crippen molar-refractivity contribution in [1.82, 2.24) is 5.32 Å². The van der Waals surface area contributed by atoms with Gasteiger partial charge in [-0.15, -0.1) is 0 Å². The summed E-state index contributed by atoms with van der Waals surface area (Å²) in [6.07, 6.45) is 2.78. The predicted molar refractivity (Wildman–Crippen MR) is 84.3 cm³/mol. The molecule has 5 nitrogen and oxygen atoms in total. The summed E-state index contributed by atoms with van der Waals surface area (Å²) in [4.78, 5) is 11.9. The number of carbonyl (C=O) groups is 1. The fourth-order valence-electron chi connectivity index (χ4n) is 1.59. The van der Waals surface area contributed by atoms with Gasteiger partial charge in [0.1, 0.15) is 17.4 Å². The minimum Gasteiger partial charge on any atom is -0.467 e.